The van der Waals surface area contributed by atoms with Crippen LogP contribution in [0.5, 0.6) is 5.75 Å². The zero-order chi connectivity index (χ0) is 16.4. The lowest BCUT2D eigenvalue weighted by atomic mass is 10.1. The smallest absolute Gasteiger partial charge is 0.267 e. The van der Waals surface area contributed by atoms with Crippen LogP contribution in [0.1, 0.15) is 24.2 Å². The molecule has 1 N–H and O–H groups in total. The Morgan fingerprint density at radius 1 is 1.22 bits per heavy atom. The van der Waals surface area contributed by atoms with Crippen molar-refractivity contribution in [1.82, 2.24) is 0 Å². The highest BCUT2D eigenvalue weighted by Crippen LogP contribution is 2.36. The summed E-state index contributed by atoms with van der Waals surface area (Å²) in [4.78, 5) is 26.0. The molecule has 1 unspecified atom stereocenters. The van der Waals surface area contributed by atoms with E-state index in [1.807, 2.05) is 25.1 Å². The summed E-state index contributed by atoms with van der Waals surface area (Å²) < 4.78 is 5.66. The number of nitrogens with one attached hydrogen (secondary N) is 1. The number of nitrogens with zero attached hydrogens (tertiary/aromatic N) is 1. The van der Waals surface area contributed by atoms with Gasteiger partial charge in [-0.25, -0.2) is 0 Å². The van der Waals surface area contributed by atoms with Gasteiger partial charge in [0, 0.05) is 23.9 Å². The van der Waals surface area contributed by atoms with E-state index in [-0.39, 0.29) is 11.8 Å². The largest absolute Gasteiger partial charge is 0.479 e. The van der Waals surface area contributed by atoms with E-state index in [0.29, 0.717) is 23.5 Å². The fraction of sp³-hybridized carbons (Fsp3) is 0.222. The highest BCUT2D eigenvalue weighted by Gasteiger charge is 2.30. The second kappa shape index (κ2) is 6.12. The Hall–Kier alpha value is -2.82. The molecular weight excluding hydrogens is 292 g/mol. The summed E-state index contributed by atoms with van der Waals surface area (Å²) in [5.41, 5.74) is 1.95. The summed E-state index contributed by atoms with van der Waals surface area (Å²) in [6.07, 6.45) is -0.525. The third-order valence-electron chi connectivity index (χ3n) is 3.78. The van der Waals surface area contributed by atoms with Crippen molar-refractivity contribution in [2.24, 2.45) is 0 Å². The first-order valence-corrected chi connectivity index (χ1v) is 7.58. The van der Waals surface area contributed by atoms with Crippen LogP contribution in [0.15, 0.2) is 48.5 Å². The number of rotatable bonds is 3. The molecule has 5 nitrogen and oxygen atoms in total. The lowest BCUT2D eigenvalue weighted by Crippen LogP contribution is -2.44. The fourth-order valence-electron chi connectivity index (χ4n) is 2.61. The van der Waals surface area contributed by atoms with Gasteiger partial charge >= 0.3 is 0 Å². The number of fused-ring (bicyclic) bond motifs is 1. The van der Waals surface area contributed by atoms with E-state index in [1.54, 1.807) is 42.2 Å². The van der Waals surface area contributed by atoms with E-state index < -0.39 is 6.10 Å². The normalized spacial score (nSPS) is 16.5. The molecule has 1 atom stereocenters. The van der Waals surface area contributed by atoms with Gasteiger partial charge in [0.15, 0.2) is 6.10 Å². The van der Waals surface area contributed by atoms with Crippen molar-refractivity contribution in [3.63, 3.8) is 0 Å². The highest BCUT2D eigenvalue weighted by molar-refractivity contribution is 6.05. The molecule has 1 aliphatic heterocycles. The second-order valence-corrected chi connectivity index (χ2v) is 5.35. The van der Waals surface area contributed by atoms with Gasteiger partial charge in [-0.2, -0.15) is 0 Å². The van der Waals surface area contributed by atoms with Gasteiger partial charge in [0.05, 0.1) is 5.69 Å². The third kappa shape index (κ3) is 2.90. The van der Waals surface area contributed by atoms with Gasteiger partial charge in [-0.3, -0.25) is 9.59 Å². The molecule has 5 heteroatoms. The van der Waals surface area contributed by atoms with E-state index in [1.165, 1.54) is 0 Å². The molecule has 2 aromatic rings. The van der Waals surface area contributed by atoms with E-state index in [2.05, 4.69) is 5.32 Å². The second-order valence-electron chi connectivity index (χ2n) is 5.35. The number of carbonyl (C=O) groups excluding carboxylic acids is 2. The molecule has 0 saturated carbocycles. The van der Waals surface area contributed by atoms with E-state index >= 15 is 0 Å². The zero-order valence-corrected chi connectivity index (χ0v) is 13.1. The summed E-state index contributed by atoms with van der Waals surface area (Å²) in [5, 5.41) is 2.84. The van der Waals surface area contributed by atoms with Crippen molar-refractivity contribution >= 4 is 23.2 Å². The summed E-state index contributed by atoms with van der Waals surface area (Å²) in [7, 11) is 0. The van der Waals surface area contributed by atoms with Crippen molar-refractivity contribution in [2.75, 3.05) is 16.8 Å². The summed E-state index contributed by atoms with van der Waals surface area (Å²) in [5.74, 6) is 0.365. The topological polar surface area (TPSA) is 58.6 Å². The maximum Gasteiger partial charge on any atom is 0.267 e. The number of benzene rings is 2. The van der Waals surface area contributed by atoms with Crippen LogP contribution in [-0.2, 0) is 4.79 Å². The molecule has 0 aromatic heterocycles. The predicted octanol–water partition coefficient (Wildman–Crippen LogP) is 3.07. The van der Waals surface area contributed by atoms with Crippen LogP contribution < -0.4 is 15.0 Å². The predicted molar refractivity (Wildman–Crippen MR) is 89.0 cm³/mol. The number of carbonyl (C=O) groups is 2. The molecule has 0 spiro atoms. The maximum atomic E-state index is 12.2. The van der Waals surface area contributed by atoms with Gasteiger partial charge in [0.2, 0.25) is 0 Å². The van der Waals surface area contributed by atoms with E-state index in [9.17, 15) is 9.59 Å². The van der Waals surface area contributed by atoms with Crippen molar-refractivity contribution in [1.29, 1.82) is 0 Å². The Morgan fingerprint density at radius 3 is 2.65 bits per heavy atom. The van der Waals surface area contributed by atoms with Crippen molar-refractivity contribution < 1.29 is 14.3 Å². The Kier molecular flexibility index (Phi) is 4.02. The lowest BCUT2D eigenvalue weighted by molar-refractivity contribution is -0.125. The van der Waals surface area contributed by atoms with Crippen LogP contribution in [0.2, 0.25) is 0 Å². The molecule has 0 radical (unpaired) electrons. The number of amides is 2. The first kappa shape index (κ1) is 15.1. The SMILES string of the molecule is CCN1C(=O)C(C)Oc2cc(NC(=O)c3ccccc3)ccc21. The third-order valence-corrected chi connectivity index (χ3v) is 3.78. The summed E-state index contributed by atoms with van der Waals surface area (Å²) in [6, 6.07) is 14.3. The fourth-order valence-corrected chi connectivity index (χ4v) is 2.61. The van der Waals surface area contributed by atoms with Crippen LogP contribution in [-0.4, -0.2) is 24.5 Å². The van der Waals surface area contributed by atoms with Crippen LogP contribution in [0.3, 0.4) is 0 Å². The highest BCUT2D eigenvalue weighted by atomic mass is 16.5. The lowest BCUT2D eigenvalue weighted by Gasteiger charge is -2.32. The van der Waals surface area contributed by atoms with Gasteiger partial charge in [-0.15, -0.1) is 0 Å². The van der Waals surface area contributed by atoms with Crippen molar-refractivity contribution in [2.45, 2.75) is 20.0 Å². The average Bonchev–Trinajstić information content (AvgIpc) is 2.57. The van der Waals surface area contributed by atoms with Crippen LogP contribution in [0.25, 0.3) is 0 Å². The van der Waals surface area contributed by atoms with Gasteiger partial charge in [0.25, 0.3) is 11.8 Å². The van der Waals surface area contributed by atoms with Gasteiger partial charge in [-0.05, 0) is 38.1 Å². The quantitative estimate of drug-likeness (QED) is 0.948. The number of likely N-dealkylation sites (N-methyl/N-ethyl adjacent to an activating group) is 1. The summed E-state index contributed by atoms with van der Waals surface area (Å²) in [6.45, 7) is 4.23. The van der Waals surface area contributed by atoms with Crippen molar-refractivity contribution in [3.05, 3.63) is 54.1 Å². The standard InChI is InChI=1S/C18H18N2O3/c1-3-20-15-10-9-14(11-16(15)23-12(2)18(20)22)19-17(21)13-7-5-4-6-8-13/h4-12H,3H2,1-2H3,(H,19,21). The van der Waals surface area contributed by atoms with Gasteiger partial charge < -0.3 is 15.0 Å². The molecule has 0 aliphatic carbocycles. The zero-order valence-electron chi connectivity index (χ0n) is 13.1. The molecule has 2 aromatic carbocycles. The molecular formula is C18H18N2O3. The minimum atomic E-state index is -0.525. The number of hydrogen-bond acceptors (Lipinski definition) is 3. The molecule has 3 rings (SSSR count). The molecule has 0 saturated heterocycles. The molecule has 0 fully saturated rings. The molecule has 0 bridgehead atoms. The van der Waals surface area contributed by atoms with Gasteiger partial charge in [-0.1, -0.05) is 18.2 Å². The molecule has 1 aliphatic rings. The number of hydrogen-bond donors (Lipinski definition) is 1. The average molecular weight is 310 g/mol. The van der Waals surface area contributed by atoms with Crippen LogP contribution in [0, 0.1) is 0 Å². The number of anilines is 2. The van der Waals surface area contributed by atoms with Crippen LogP contribution >= 0.6 is 0 Å². The molecule has 118 valence electrons. The van der Waals surface area contributed by atoms with Crippen LogP contribution in [0.4, 0.5) is 11.4 Å². The van der Waals surface area contributed by atoms with Gasteiger partial charge in [0.1, 0.15) is 5.75 Å². The molecule has 2 amide bonds. The Morgan fingerprint density at radius 2 is 1.96 bits per heavy atom. The Bertz CT molecular complexity index is 743. The minimum Gasteiger partial charge on any atom is -0.479 e. The maximum absolute atomic E-state index is 12.2. The molecule has 1 heterocycles. The Labute approximate surface area is 134 Å². The first-order chi connectivity index (χ1) is 11.1. The van der Waals surface area contributed by atoms with E-state index in [0.717, 1.165) is 5.69 Å². The summed E-state index contributed by atoms with van der Waals surface area (Å²) >= 11 is 0. The number of ether oxygens (including phenoxy) is 1. The minimum absolute atomic E-state index is 0.0546. The van der Waals surface area contributed by atoms with Crippen molar-refractivity contribution in [3.8, 4) is 5.75 Å². The monoisotopic (exact) mass is 310 g/mol. The Balaban J connectivity index is 1.85. The molecule has 23 heavy (non-hydrogen) atoms. The van der Waals surface area contributed by atoms with E-state index in [4.69, 9.17) is 4.74 Å². The first-order valence-electron chi connectivity index (χ1n) is 7.58.